The number of nitrogens with one attached hydrogen (secondary N) is 1. The standard InChI is InChI=1S/C37H44ClN3/c1-6-28(22-31-15-17-39-27(31)3)23-33-24-35(13-10-29(33)7-2)41-20-18-40(19-21-41)26-32-14-16-37(4,5)25-36(32)30-8-11-34(38)12-9-30/h6-13,15,17,22,24,39H,2-3,14,16,18-21,23,25-26H2,1,4-5H3/b28-6+,31-22-. The van der Waals surface area contributed by atoms with Crippen molar-refractivity contribution in [1.82, 2.24) is 9.88 Å². The fraction of sp³-hybridized carbons (Fsp3) is 0.351. The van der Waals surface area contributed by atoms with E-state index in [1.807, 2.05) is 24.4 Å². The molecule has 5 rings (SSSR count). The van der Waals surface area contributed by atoms with Crippen molar-refractivity contribution in [3.63, 3.8) is 0 Å². The van der Waals surface area contributed by atoms with E-state index in [-0.39, 0.29) is 0 Å². The van der Waals surface area contributed by atoms with Crippen molar-refractivity contribution in [3.8, 4) is 0 Å². The lowest BCUT2D eigenvalue weighted by atomic mass is 9.72. The molecule has 1 N–H and O–H groups in total. The highest BCUT2D eigenvalue weighted by Crippen LogP contribution is 2.43. The lowest BCUT2D eigenvalue weighted by molar-refractivity contribution is 0.264. The Hall–Kier alpha value is -3.27. The molecular weight excluding hydrogens is 522 g/mol. The summed E-state index contributed by atoms with van der Waals surface area (Å²) < 4.78 is 0. The molecule has 1 aliphatic heterocycles. The zero-order chi connectivity index (χ0) is 29.0. The number of benzene rings is 2. The first-order chi connectivity index (χ1) is 19.7. The average Bonchev–Trinajstić information content (AvgIpc) is 3.38. The van der Waals surface area contributed by atoms with Gasteiger partial charge in [-0.15, -0.1) is 0 Å². The number of halogens is 1. The first kappa shape index (κ1) is 29.2. The van der Waals surface area contributed by atoms with Gasteiger partial charge in [0.05, 0.1) is 0 Å². The Kier molecular flexibility index (Phi) is 9.06. The van der Waals surface area contributed by atoms with Gasteiger partial charge in [-0.25, -0.2) is 0 Å². The van der Waals surface area contributed by atoms with Crippen LogP contribution in [0.2, 0.25) is 5.02 Å². The number of H-pyrrole nitrogens is 1. The number of rotatable bonds is 8. The van der Waals surface area contributed by atoms with Gasteiger partial charge in [-0.1, -0.05) is 74.5 Å². The van der Waals surface area contributed by atoms with Crippen molar-refractivity contribution in [2.45, 2.75) is 46.5 Å². The van der Waals surface area contributed by atoms with E-state index in [2.05, 4.69) is 97.3 Å². The van der Waals surface area contributed by atoms with Gasteiger partial charge in [-0.3, -0.25) is 4.90 Å². The number of allylic oxidation sites excluding steroid dienone is 3. The molecule has 0 atom stereocenters. The number of anilines is 1. The van der Waals surface area contributed by atoms with Crippen molar-refractivity contribution in [2.24, 2.45) is 5.41 Å². The SMILES string of the molecule is C=Cc1ccc(N2CCN(CC3=C(c4ccc(Cl)cc4)CC(C)(C)CC3)CC2)cc1CC(=C/C)/C=c1/cc[nH]c1=C. The molecule has 1 aliphatic carbocycles. The monoisotopic (exact) mass is 565 g/mol. The minimum absolute atomic E-state index is 0.342. The Morgan fingerprint density at radius 1 is 1.05 bits per heavy atom. The molecule has 0 unspecified atom stereocenters. The van der Waals surface area contributed by atoms with Gasteiger partial charge in [0.15, 0.2) is 0 Å². The predicted octanol–water partition coefficient (Wildman–Crippen LogP) is 7.48. The van der Waals surface area contributed by atoms with Gasteiger partial charge >= 0.3 is 0 Å². The maximum absolute atomic E-state index is 6.21. The van der Waals surface area contributed by atoms with E-state index in [1.54, 1.807) is 5.57 Å². The van der Waals surface area contributed by atoms with Gasteiger partial charge in [0, 0.05) is 55.0 Å². The Morgan fingerprint density at radius 3 is 2.46 bits per heavy atom. The zero-order valence-corrected chi connectivity index (χ0v) is 25.7. The lowest BCUT2D eigenvalue weighted by Gasteiger charge is -2.39. The number of hydrogen-bond donors (Lipinski definition) is 1. The number of aromatic nitrogens is 1. The second-order valence-electron chi connectivity index (χ2n) is 12.4. The molecule has 3 nitrogen and oxygen atoms in total. The van der Waals surface area contributed by atoms with Crippen LogP contribution < -0.4 is 15.5 Å². The summed E-state index contributed by atoms with van der Waals surface area (Å²) in [6.45, 7) is 20.4. The number of aromatic amines is 1. The van der Waals surface area contributed by atoms with Gasteiger partial charge < -0.3 is 9.88 Å². The lowest BCUT2D eigenvalue weighted by Crippen LogP contribution is -2.47. The fourth-order valence-electron chi connectivity index (χ4n) is 6.25. The third-order valence-electron chi connectivity index (χ3n) is 8.85. The normalized spacial score (nSPS) is 18.7. The van der Waals surface area contributed by atoms with Crippen molar-refractivity contribution in [3.05, 3.63) is 111 Å². The number of hydrogen-bond acceptors (Lipinski definition) is 2. The van der Waals surface area contributed by atoms with Crippen LogP contribution in [0.1, 0.15) is 56.7 Å². The van der Waals surface area contributed by atoms with E-state index < -0.39 is 0 Å². The molecule has 0 saturated carbocycles. The summed E-state index contributed by atoms with van der Waals surface area (Å²) in [4.78, 5) is 8.38. The van der Waals surface area contributed by atoms with Crippen molar-refractivity contribution >= 4 is 41.6 Å². The van der Waals surface area contributed by atoms with E-state index in [9.17, 15) is 0 Å². The van der Waals surface area contributed by atoms with Crippen LogP contribution in [-0.2, 0) is 6.42 Å². The van der Waals surface area contributed by atoms with Gasteiger partial charge in [0.1, 0.15) is 0 Å². The molecule has 214 valence electrons. The summed E-state index contributed by atoms with van der Waals surface area (Å²) in [6.07, 6.45) is 12.8. The Balaban J connectivity index is 1.29. The Labute approximate surface area is 251 Å². The topological polar surface area (TPSA) is 22.3 Å². The predicted molar refractivity (Wildman–Crippen MR) is 179 cm³/mol. The molecule has 41 heavy (non-hydrogen) atoms. The van der Waals surface area contributed by atoms with Crippen LogP contribution in [0.5, 0.6) is 0 Å². The third-order valence-corrected chi connectivity index (χ3v) is 9.10. The minimum atomic E-state index is 0.342. The highest BCUT2D eigenvalue weighted by atomic mass is 35.5. The van der Waals surface area contributed by atoms with Crippen LogP contribution in [0.15, 0.2) is 78.5 Å². The molecule has 0 radical (unpaired) electrons. The quantitative estimate of drug-likeness (QED) is 0.306. The average molecular weight is 566 g/mol. The second-order valence-corrected chi connectivity index (χ2v) is 12.8. The maximum atomic E-state index is 6.21. The highest BCUT2D eigenvalue weighted by molar-refractivity contribution is 6.30. The molecule has 2 aromatic carbocycles. The Morgan fingerprint density at radius 2 is 1.80 bits per heavy atom. The zero-order valence-electron chi connectivity index (χ0n) is 25.0. The van der Waals surface area contributed by atoms with Gasteiger partial charge in [-0.05, 0) is 107 Å². The maximum Gasteiger partial charge on any atom is 0.0406 e. The van der Waals surface area contributed by atoms with Crippen molar-refractivity contribution in [1.29, 1.82) is 0 Å². The van der Waals surface area contributed by atoms with E-state index in [0.29, 0.717) is 5.41 Å². The van der Waals surface area contributed by atoms with Crippen molar-refractivity contribution in [2.75, 3.05) is 37.6 Å². The first-order valence-corrected chi connectivity index (χ1v) is 15.3. The van der Waals surface area contributed by atoms with E-state index >= 15 is 0 Å². The van der Waals surface area contributed by atoms with Crippen molar-refractivity contribution < 1.29 is 0 Å². The fourth-order valence-corrected chi connectivity index (χ4v) is 6.37. The van der Waals surface area contributed by atoms with Gasteiger partial charge in [0.25, 0.3) is 0 Å². The molecule has 3 aromatic rings. The molecular formula is C37H44ClN3. The molecule has 2 heterocycles. The van der Waals surface area contributed by atoms with E-state index in [4.69, 9.17) is 11.6 Å². The molecule has 1 aromatic heterocycles. The Bertz CT molecular complexity index is 1550. The molecule has 0 bridgehead atoms. The summed E-state index contributed by atoms with van der Waals surface area (Å²) in [5, 5.41) is 2.90. The van der Waals surface area contributed by atoms with Crippen LogP contribution in [0.4, 0.5) is 5.69 Å². The number of nitrogens with zero attached hydrogens (tertiary/aromatic N) is 2. The van der Waals surface area contributed by atoms with E-state index in [0.717, 1.165) is 61.2 Å². The molecule has 2 aliphatic rings. The van der Waals surface area contributed by atoms with E-state index in [1.165, 1.54) is 46.4 Å². The summed E-state index contributed by atoms with van der Waals surface area (Å²) >= 11 is 6.21. The van der Waals surface area contributed by atoms with Crippen LogP contribution in [0.25, 0.3) is 24.3 Å². The minimum Gasteiger partial charge on any atom is -0.369 e. The smallest absolute Gasteiger partial charge is 0.0406 e. The molecule has 0 amide bonds. The largest absolute Gasteiger partial charge is 0.369 e. The van der Waals surface area contributed by atoms with Crippen LogP contribution in [-0.4, -0.2) is 42.6 Å². The van der Waals surface area contributed by atoms with Gasteiger partial charge in [-0.2, -0.15) is 0 Å². The molecule has 1 saturated heterocycles. The molecule has 1 fully saturated rings. The number of piperazine rings is 1. The molecule has 4 heteroatoms. The summed E-state index contributed by atoms with van der Waals surface area (Å²) in [5.74, 6) is 0. The van der Waals surface area contributed by atoms with Crippen LogP contribution >= 0.6 is 11.6 Å². The summed E-state index contributed by atoms with van der Waals surface area (Å²) in [6, 6.07) is 17.4. The summed E-state index contributed by atoms with van der Waals surface area (Å²) in [5.41, 5.74) is 9.92. The van der Waals surface area contributed by atoms with Crippen LogP contribution in [0.3, 0.4) is 0 Å². The van der Waals surface area contributed by atoms with Gasteiger partial charge in [0.2, 0.25) is 0 Å². The highest BCUT2D eigenvalue weighted by Gasteiger charge is 2.29. The second kappa shape index (κ2) is 12.7. The first-order valence-electron chi connectivity index (χ1n) is 14.9. The summed E-state index contributed by atoms with van der Waals surface area (Å²) in [7, 11) is 0. The third kappa shape index (κ3) is 7.15. The van der Waals surface area contributed by atoms with Crippen LogP contribution in [0, 0.1) is 5.41 Å². The molecule has 0 spiro atoms.